The number of hydrogen-bond donors (Lipinski definition) is 0. The second-order valence-electron chi connectivity index (χ2n) is 7.09. The molecule has 0 atom stereocenters. The van der Waals surface area contributed by atoms with Gasteiger partial charge in [0.25, 0.3) is 0 Å². The van der Waals surface area contributed by atoms with Gasteiger partial charge in [0.2, 0.25) is 0 Å². The zero-order chi connectivity index (χ0) is 21.6. The monoisotopic (exact) mass is 428 g/mol. The minimum atomic E-state index is 0.0718. The first kappa shape index (κ1) is 21.0. The lowest BCUT2D eigenvalue weighted by atomic mass is 10.0. The van der Waals surface area contributed by atoms with Gasteiger partial charge in [-0.1, -0.05) is 74.1 Å². The lowest BCUT2D eigenvalue weighted by molar-refractivity contribution is 0.102. The summed E-state index contributed by atoms with van der Waals surface area (Å²) < 4.78 is 2.09. The molecule has 0 saturated carbocycles. The largest absolute Gasteiger partial charge is 0.293 e. The summed E-state index contributed by atoms with van der Waals surface area (Å²) in [5, 5.41) is 9.69. The molecule has 2 heterocycles. The van der Waals surface area contributed by atoms with Crippen LogP contribution in [0, 0.1) is 0 Å². The van der Waals surface area contributed by atoms with Gasteiger partial charge in [-0.25, -0.2) is 0 Å². The van der Waals surface area contributed by atoms with E-state index in [1.165, 1.54) is 22.9 Å². The Morgan fingerprint density at radius 2 is 1.65 bits per heavy atom. The number of Topliss-reactive ketones (excluding diaryl/α,β-unsaturated/α-hetero) is 1. The Labute approximate surface area is 186 Å². The molecule has 2 aromatic carbocycles. The van der Waals surface area contributed by atoms with E-state index in [9.17, 15) is 4.79 Å². The van der Waals surface area contributed by atoms with Crippen molar-refractivity contribution in [3.05, 3.63) is 89.7 Å². The molecule has 0 radical (unpaired) electrons. The highest BCUT2D eigenvalue weighted by Crippen LogP contribution is 2.32. The molecule has 4 aromatic rings. The van der Waals surface area contributed by atoms with E-state index in [0.29, 0.717) is 16.5 Å². The van der Waals surface area contributed by atoms with Gasteiger partial charge in [0.05, 0.1) is 11.4 Å². The van der Waals surface area contributed by atoms with Crippen LogP contribution in [0.25, 0.3) is 17.1 Å². The highest BCUT2D eigenvalue weighted by Gasteiger charge is 2.21. The number of hydrogen-bond acceptors (Lipinski definition) is 5. The molecule has 0 aliphatic rings. The molecule has 0 bridgehead atoms. The smallest absolute Gasteiger partial charge is 0.196 e. The summed E-state index contributed by atoms with van der Waals surface area (Å²) >= 11 is 1.42. The predicted molar refractivity (Wildman–Crippen MR) is 125 cm³/mol. The van der Waals surface area contributed by atoms with E-state index in [1.807, 2.05) is 42.5 Å². The standard InChI is InChI=1S/C25H24N4OS/c1-3-18-12-8-13-19(4-2)23(18)29-24(21-14-9-15-26-16-21)27-28-25(29)31-17-22(30)20-10-6-5-7-11-20/h5-16H,3-4,17H2,1-2H3. The molecule has 0 saturated heterocycles. The number of benzene rings is 2. The van der Waals surface area contributed by atoms with Gasteiger partial charge in [-0.2, -0.15) is 0 Å². The van der Waals surface area contributed by atoms with E-state index in [0.717, 1.165) is 29.9 Å². The molecule has 5 nitrogen and oxygen atoms in total. The van der Waals surface area contributed by atoms with Crippen LogP contribution in [0.4, 0.5) is 0 Å². The second-order valence-corrected chi connectivity index (χ2v) is 8.04. The fourth-order valence-electron chi connectivity index (χ4n) is 3.59. The predicted octanol–water partition coefficient (Wildman–Crippen LogP) is 5.43. The van der Waals surface area contributed by atoms with Crippen molar-refractivity contribution >= 4 is 17.5 Å². The number of nitrogens with zero attached hydrogens (tertiary/aromatic N) is 4. The number of aromatic nitrogens is 4. The van der Waals surface area contributed by atoms with Gasteiger partial charge in [-0.05, 0) is 36.1 Å². The highest BCUT2D eigenvalue weighted by atomic mass is 32.2. The maximum Gasteiger partial charge on any atom is 0.196 e. The van der Waals surface area contributed by atoms with E-state index in [1.54, 1.807) is 12.4 Å². The number of pyridine rings is 1. The molecule has 31 heavy (non-hydrogen) atoms. The molecule has 0 aliphatic heterocycles. The van der Waals surface area contributed by atoms with Crippen molar-refractivity contribution in [3.8, 4) is 17.1 Å². The Hall–Kier alpha value is -3.25. The summed E-state index contributed by atoms with van der Waals surface area (Å²) in [7, 11) is 0. The Morgan fingerprint density at radius 3 is 2.29 bits per heavy atom. The van der Waals surface area contributed by atoms with E-state index in [2.05, 4.69) is 51.8 Å². The average Bonchev–Trinajstić information content (AvgIpc) is 3.26. The van der Waals surface area contributed by atoms with E-state index in [4.69, 9.17) is 0 Å². The molecule has 0 N–H and O–H groups in total. The molecule has 0 amide bonds. The van der Waals surface area contributed by atoms with Gasteiger partial charge in [0, 0.05) is 23.5 Å². The number of aryl methyl sites for hydroxylation is 2. The van der Waals surface area contributed by atoms with Crippen molar-refractivity contribution in [2.75, 3.05) is 5.75 Å². The molecule has 4 rings (SSSR count). The van der Waals surface area contributed by atoms with Gasteiger partial charge in [-0.3, -0.25) is 14.3 Å². The molecule has 0 spiro atoms. The van der Waals surface area contributed by atoms with Crippen molar-refractivity contribution < 1.29 is 4.79 Å². The molecule has 0 aliphatic carbocycles. The fourth-order valence-corrected chi connectivity index (χ4v) is 4.42. The maximum absolute atomic E-state index is 12.7. The van der Waals surface area contributed by atoms with Crippen LogP contribution >= 0.6 is 11.8 Å². The summed E-state index contributed by atoms with van der Waals surface area (Å²) in [6.07, 6.45) is 5.32. The van der Waals surface area contributed by atoms with Crippen LogP contribution in [0.3, 0.4) is 0 Å². The van der Waals surface area contributed by atoms with Crippen LogP contribution in [0.15, 0.2) is 78.2 Å². The lowest BCUT2D eigenvalue weighted by Crippen LogP contribution is -2.08. The van der Waals surface area contributed by atoms with Crippen molar-refractivity contribution in [2.45, 2.75) is 31.8 Å². The number of thioether (sulfide) groups is 1. The number of rotatable bonds is 8. The minimum absolute atomic E-state index is 0.0718. The Bertz CT molecular complexity index is 1150. The Balaban J connectivity index is 1.79. The van der Waals surface area contributed by atoms with Crippen molar-refractivity contribution in [1.29, 1.82) is 0 Å². The molecule has 2 aromatic heterocycles. The van der Waals surface area contributed by atoms with Crippen LogP contribution in [-0.4, -0.2) is 31.3 Å². The third kappa shape index (κ3) is 4.44. The minimum Gasteiger partial charge on any atom is -0.293 e. The quantitative estimate of drug-likeness (QED) is 0.277. The van der Waals surface area contributed by atoms with Crippen LogP contribution in [0.2, 0.25) is 0 Å². The van der Waals surface area contributed by atoms with Crippen LogP contribution in [-0.2, 0) is 12.8 Å². The first-order valence-corrected chi connectivity index (χ1v) is 11.4. The molecular formula is C25H24N4OS. The maximum atomic E-state index is 12.7. The molecule has 156 valence electrons. The molecule has 6 heteroatoms. The fraction of sp³-hybridized carbons (Fsp3) is 0.200. The van der Waals surface area contributed by atoms with E-state index in [-0.39, 0.29) is 5.78 Å². The molecule has 0 fully saturated rings. The van der Waals surface area contributed by atoms with Crippen LogP contribution in [0.1, 0.15) is 35.3 Å². The number of carbonyl (C=O) groups excluding carboxylic acids is 1. The van der Waals surface area contributed by atoms with Gasteiger partial charge in [0.15, 0.2) is 16.8 Å². The Morgan fingerprint density at radius 1 is 0.903 bits per heavy atom. The average molecular weight is 429 g/mol. The van der Waals surface area contributed by atoms with Crippen molar-refractivity contribution in [2.24, 2.45) is 0 Å². The van der Waals surface area contributed by atoms with Gasteiger partial charge >= 0.3 is 0 Å². The number of ketones is 1. The summed E-state index contributed by atoms with van der Waals surface area (Å²) in [5.74, 6) is 1.10. The summed E-state index contributed by atoms with van der Waals surface area (Å²) in [6.45, 7) is 4.30. The number of para-hydroxylation sites is 1. The third-order valence-electron chi connectivity index (χ3n) is 5.17. The zero-order valence-corrected chi connectivity index (χ0v) is 18.5. The third-order valence-corrected chi connectivity index (χ3v) is 6.10. The van der Waals surface area contributed by atoms with E-state index >= 15 is 0 Å². The van der Waals surface area contributed by atoms with Crippen molar-refractivity contribution in [1.82, 2.24) is 19.7 Å². The zero-order valence-electron chi connectivity index (χ0n) is 17.7. The molecular weight excluding hydrogens is 404 g/mol. The van der Waals surface area contributed by atoms with Crippen LogP contribution < -0.4 is 0 Å². The topological polar surface area (TPSA) is 60.7 Å². The Kier molecular flexibility index (Phi) is 6.57. The van der Waals surface area contributed by atoms with Gasteiger partial charge in [-0.15, -0.1) is 10.2 Å². The lowest BCUT2D eigenvalue weighted by Gasteiger charge is -2.17. The number of carbonyl (C=O) groups is 1. The first-order valence-electron chi connectivity index (χ1n) is 10.4. The van der Waals surface area contributed by atoms with E-state index < -0.39 is 0 Å². The van der Waals surface area contributed by atoms with Gasteiger partial charge < -0.3 is 0 Å². The normalized spacial score (nSPS) is 10.9. The summed E-state index contributed by atoms with van der Waals surface area (Å²) in [5.41, 5.74) is 5.15. The summed E-state index contributed by atoms with van der Waals surface area (Å²) in [6, 6.07) is 19.6. The van der Waals surface area contributed by atoms with Crippen LogP contribution in [0.5, 0.6) is 0 Å². The SMILES string of the molecule is CCc1cccc(CC)c1-n1c(SCC(=O)c2ccccc2)nnc1-c1cccnc1. The van der Waals surface area contributed by atoms with Gasteiger partial charge in [0.1, 0.15) is 0 Å². The van der Waals surface area contributed by atoms with Crippen molar-refractivity contribution in [3.63, 3.8) is 0 Å². The molecule has 0 unspecified atom stereocenters. The second kappa shape index (κ2) is 9.71. The summed E-state index contributed by atoms with van der Waals surface area (Å²) in [4.78, 5) is 17.0. The highest BCUT2D eigenvalue weighted by molar-refractivity contribution is 7.99. The first-order chi connectivity index (χ1) is 15.2.